The third-order valence-corrected chi connectivity index (χ3v) is 16.5. The van der Waals surface area contributed by atoms with Gasteiger partial charge in [-0.1, -0.05) is 38.1 Å². The molecule has 4 fully saturated rings. The SMILES string of the molecule is CC(C)c1ccccc1C1CN(Cc2ccncc2)CCN1C1CC2(CCN(c3cc(Oc4cnc5[nH]ccc5c4)c(C(=O)NS(=O)(=O)c4ccc(NCC5(F)CCOCC5)c([N+](=O)[O-])c4)cc3F)CC2)C1. The molecule has 72 heavy (non-hydrogen) atoms. The molecule has 1 atom stereocenters. The number of nitrogens with one attached hydrogen (secondary N) is 3. The van der Waals surface area contributed by atoms with E-state index in [9.17, 15) is 23.3 Å². The number of anilines is 2. The number of piperazine rings is 1. The Morgan fingerprint density at radius 2 is 1.75 bits per heavy atom. The summed E-state index contributed by atoms with van der Waals surface area (Å²) in [4.78, 5) is 43.6. The number of hydrogen-bond acceptors (Lipinski definition) is 13. The Labute approximate surface area is 417 Å². The van der Waals surface area contributed by atoms with Gasteiger partial charge in [-0.15, -0.1) is 0 Å². The number of alkyl halides is 1. The molecule has 0 radical (unpaired) electrons. The van der Waals surface area contributed by atoms with Crippen molar-refractivity contribution in [3.63, 3.8) is 0 Å². The average Bonchev–Trinajstić information content (AvgIpc) is 3.84. The van der Waals surface area contributed by atoms with Crippen LogP contribution in [0.15, 0.2) is 109 Å². The van der Waals surface area contributed by atoms with Crippen molar-refractivity contribution in [3.8, 4) is 11.5 Å². The summed E-state index contributed by atoms with van der Waals surface area (Å²) >= 11 is 0. The quantitative estimate of drug-likeness (QED) is 0.0653. The van der Waals surface area contributed by atoms with Crippen LogP contribution in [0.4, 0.5) is 25.8 Å². The Balaban J connectivity index is 0.856. The van der Waals surface area contributed by atoms with Crippen LogP contribution in [0.2, 0.25) is 0 Å². The summed E-state index contributed by atoms with van der Waals surface area (Å²) in [5.41, 5.74) is 2.09. The molecular weight excluding hydrogens is 945 g/mol. The second-order valence-corrected chi connectivity index (χ2v) is 21.8. The molecule has 16 nitrogen and oxygen atoms in total. The van der Waals surface area contributed by atoms with Gasteiger partial charge in [-0.2, -0.15) is 0 Å². The number of fused-ring (bicyclic) bond motifs is 1. The van der Waals surface area contributed by atoms with Gasteiger partial charge in [0.25, 0.3) is 21.6 Å². The third kappa shape index (κ3) is 10.4. The lowest BCUT2D eigenvalue weighted by Gasteiger charge is -2.58. The van der Waals surface area contributed by atoms with E-state index in [0.717, 1.165) is 76.1 Å². The van der Waals surface area contributed by atoms with E-state index in [-0.39, 0.29) is 66.9 Å². The van der Waals surface area contributed by atoms with E-state index in [4.69, 9.17) is 9.47 Å². The zero-order valence-corrected chi connectivity index (χ0v) is 41.2. The number of sulfonamides is 1. The summed E-state index contributed by atoms with van der Waals surface area (Å²) < 4.78 is 72.8. The molecule has 3 saturated heterocycles. The van der Waals surface area contributed by atoms with Gasteiger partial charge >= 0.3 is 0 Å². The fraction of sp³-hybridized carbons (Fsp3) is 0.415. The lowest BCUT2D eigenvalue weighted by Crippen LogP contribution is -2.60. The maximum atomic E-state index is 16.5. The second kappa shape index (κ2) is 20.2. The first kappa shape index (κ1) is 49.1. The normalized spacial score (nSPS) is 19.6. The predicted octanol–water partition coefficient (Wildman–Crippen LogP) is 9.28. The smallest absolute Gasteiger partial charge is 0.293 e. The fourth-order valence-electron chi connectivity index (χ4n) is 11.1. The Kier molecular flexibility index (Phi) is 13.7. The van der Waals surface area contributed by atoms with E-state index >= 15 is 8.78 Å². The molecule has 0 bridgehead atoms. The Morgan fingerprint density at radius 3 is 2.50 bits per heavy atom. The van der Waals surface area contributed by atoms with Gasteiger partial charge in [0.2, 0.25) is 0 Å². The van der Waals surface area contributed by atoms with E-state index < -0.39 is 48.5 Å². The molecule has 1 saturated carbocycles. The number of hydrogen-bond donors (Lipinski definition) is 3. The molecule has 3 aliphatic heterocycles. The number of pyridine rings is 2. The van der Waals surface area contributed by atoms with Crippen molar-refractivity contribution in [1.29, 1.82) is 0 Å². The Bertz CT molecular complexity index is 3060. The zero-order chi connectivity index (χ0) is 50.2. The number of aromatic amines is 1. The molecule has 3 N–H and O–H groups in total. The number of ether oxygens (including phenoxy) is 2. The van der Waals surface area contributed by atoms with Crippen LogP contribution < -0.4 is 19.7 Å². The van der Waals surface area contributed by atoms with E-state index in [0.29, 0.717) is 36.1 Å². The highest BCUT2D eigenvalue weighted by Crippen LogP contribution is 2.53. The molecule has 1 unspecified atom stereocenters. The number of piperidine rings is 1. The van der Waals surface area contributed by atoms with Crippen LogP contribution >= 0.6 is 0 Å². The minimum atomic E-state index is -4.78. The van der Waals surface area contributed by atoms with E-state index in [1.807, 2.05) is 22.0 Å². The minimum Gasteiger partial charge on any atom is -0.455 e. The second-order valence-electron chi connectivity index (χ2n) is 20.2. The van der Waals surface area contributed by atoms with Crippen LogP contribution in [-0.4, -0.2) is 108 Å². The number of aromatic nitrogens is 3. The fourth-order valence-corrected chi connectivity index (χ4v) is 12.1. The highest BCUT2D eigenvalue weighted by atomic mass is 32.2. The summed E-state index contributed by atoms with van der Waals surface area (Å²) in [7, 11) is -4.78. The van der Waals surface area contributed by atoms with Gasteiger partial charge in [-0.3, -0.25) is 29.7 Å². The van der Waals surface area contributed by atoms with Crippen molar-refractivity contribution >= 4 is 44.0 Å². The first-order chi connectivity index (χ1) is 34.6. The topological polar surface area (TPSA) is 188 Å². The summed E-state index contributed by atoms with van der Waals surface area (Å²) in [5, 5.41) is 15.6. The van der Waals surface area contributed by atoms with Crippen molar-refractivity contribution in [1.82, 2.24) is 29.5 Å². The van der Waals surface area contributed by atoms with Gasteiger partial charge in [-0.05, 0) is 96.2 Å². The Hall–Kier alpha value is -6.54. The predicted molar refractivity (Wildman–Crippen MR) is 269 cm³/mol. The van der Waals surface area contributed by atoms with Crippen LogP contribution in [0.3, 0.4) is 0 Å². The molecule has 19 heteroatoms. The van der Waals surface area contributed by atoms with Gasteiger partial charge in [0.05, 0.1) is 27.3 Å². The van der Waals surface area contributed by atoms with Crippen LogP contribution in [0.1, 0.15) is 91.4 Å². The van der Waals surface area contributed by atoms with Crippen LogP contribution in [-0.2, 0) is 21.3 Å². The number of carbonyl (C=O) groups is 1. The molecule has 6 heterocycles. The van der Waals surface area contributed by atoms with Crippen LogP contribution in [0, 0.1) is 21.3 Å². The molecule has 3 aromatic heterocycles. The highest BCUT2D eigenvalue weighted by molar-refractivity contribution is 7.90. The molecular formula is C53H59F2N9O7S. The lowest BCUT2D eigenvalue weighted by atomic mass is 9.59. The summed E-state index contributed by atoms with van der Waals surface area (Å²) in [6.45, 7) is 9.52. The zero-order valence-electron chi connectivity index (χ0n) is 40.4. The first-order valence-corrected chi connectivity index (χ1v) is 26.1. The molecule has 1 spiro atoms. The van der Waals surface area contributed by atoms with E-state index in [1.54, 1.807) is 18.3 Å². The molecule has 1 amide bonds. The number of halogens is 2. The standard InChI is InChI=1S/C53H59F2N9O7S/c1-35(2)41-5-3-4-6-42(41)48-33-61(32-36-9-16-56-17-10-36)21-22-63(48)38-29-52(30-38)12-19-62(20-13-52)46-28-49(71-39-25-37-11-18-57-50(37)58-31-39)43(27-44(46)54)51(65)60-72(68,69)40-7-8-45(47(26-40)64(66)67)59-34-53(55)14-23-70-24-15-53/h3-11,16-18,25-28,31,35,38,48,59H,12-15,19-24,29-30,32-34H2,1-2H3,(H,57,58)(H,60,65). The van der Waals surface area contributed by atoms with Crippen LogP contribution in [0.25, 0.3) is 11.0 Å². The lowest BCUT2D eigenvalue weighted by molar-refractivity contribution is -0.384. The summed E-state index contributed by atoms with van der Waals surface area (Å²) in [6, 6.07) is 22.5. The molecule has 4 aliphatic rings. The number of nitro benzene ring substituents is 1. The van der Waals surface area contributed by atoms with E-state index in [1.165, 1.54) is 29.0 Å². The minimum absolute atomic E-state index is 0.0965. The molecule has 378 valence electrons. The largest absolute Gasteiger partial charge is 0.455 e. The van der Waals surface area contributed by atoms with Crippen LogP contribution in [0.5, 0.6) is 11.5 Å². The highest BCUT2D eigenvalue weighted by Gasteiger charge is 2.50. The Morgan fingerprint density at radius 1 is 0.986 bits per heavy atom. The van der Waals surface area contributed by atoms with Crippen molar-refractivity contribution in [2.45, 2.75) is 87.5 Å². The molecule has 6 aromatic rings. The summed E-state index contributed by atoms with van der Waals surface area (Å²) in [6.07, 6.45) is 10.8. The van der Waals surface area contributed by atoms with Crippen molar-refractivity contribution in [2.75, 3.05) is 62.7 Å². The van der Waals surface area contributed by atoms with Crippen molar-refractivity contribution in [2.24, 2.45) is 5.41 Å². The number of H-pyrrole nitrogens is 1. The average molecular weight is 1000 g/mol. The number of nitrogens with zero attached hydrogens (tertiary/aromatic N) is 6. The number of carbonyl (C=O) groups excluding carboxylic acids is 1. The number of nitro groups is 1. The maximum Gasteiger partial charge on any atom is 0.293 e. The molecule has 10 rings (SSSR count). The third-order valence-electron chi connectivity index (χ3n) is 15.2. The van der Waals surface area contributed by atoms with E-state index in [2.05, 4.69) is 80.3 Å². The first-order valence-electron chi connectivity index (χ1n) is 24.7. The maximum absolute atomic E-state index is 16.5. The van der Waals surface area contributed by atoms with Gasteiger partial charge < -0.3 is 24.7 Å². The summed E-state index contributed by atoms with van der Waals surface area (Å²) in [5.74, 6) is -1.48. The molecule has 1 aliphatic carbocycles. The molecule has 3 aromatic carbocycles. The van der Waals surface area contributed by atoms with Crippen molar-refractivity contribution < 1.29 is 36.4 Å². The van der Waals surface area contributed by atoms with Gasteiger partial charge in [0.1, 0.15) is 34.3 Å². The van der Waals surface area contributed by atoms with Gasteiger partial charge in [0, 0.05) is 120 Å². The number of amides is 1. The number of benzene rings is 3. The van der Waals surface area contributed by atoms with Gasteiger partial charge in [0.15, 0.2) is 0 Å². The van der Waals surface area contributed by atoms with Crippen molar-refractivity contribution in [3.05, 3.63) is 142 Å². The monoisotopic (exact) mass is 1000 g/mol. The van der Waals surface area contributed by atoms with Gasteiger partial charge in [-0.25, -0.2) is 26.9 Å². The number of rotatable bonds is 15.